The summed E-state index contributed by atoms with van der Waals surface area (Å²) in [6.07, 6.45) is 6.30. The molecule has 1 atom stereocenters. The Morgan fingerprint density at radius 3 is 2.87 bits per heavy atom. The number of nitrogens with one attached hydrogen (secondary N) is 2. The van der Waals surface area contributed by atoms with Crippen LogP contribution in [-0.2, 0) is 6.54 Å². The number of para-hydroxylation sites is 1. The number of piperidine rings is 1. The normalized spacial score (nSPS) is 19.2. The molecule has 1 saturated heterocycles. The molecule has 7 nitrogen and oxygen atoms in total. The number of benzene rings is 1. The number of hydrogen-bond donors (Lipinski definition) is 2. The Bertz CT molecular complexity index is 899. The van der Waals surface area contributed by atoms with E-state index in [4.69, 9.17) is 16.6 Å². The van der Waals surface area contributed by atoms with Gasteiger partial charge in [0.25, 0.3) is 0 Å². The quantitative estimate of drug-likeness (QED) is 0.712. The Labute approximate surface area is 182 Å². The third kappa shape index (κ3) is 4.52. The van der Waals surface area contributed by atoms with E-state index in [-0.39, 0.29) is 12.1 Å². The van der Waals surface area contributed by atoms with Crippen LogP contribution in [0.4, 0.5) is 22.2 Å². The number of amides is 2. The van der Waals surface area contributed by atoms with Gasteiger partial charge in [-0.1, -0.05) is 30.2 Å². The fourth-order valence-electron chi connectivity index (χ4n) is 4.06. The summed E-state index contributed by atoms with van der Waals surface area (Å²) in [5, 5.41) is 7.37. The Hall–Kier alpha value is -2.38. The summed E-state index contributed by atoms with van der Waals surface area (Å²) in [5.41, 5.74) is 1.63. The van der Waals surface area contributed by atoms with Gasteiger partial charge in [-0.3, -0.25) is 9.80 Å². The van der Waals surface area contributed by atoms with Crippen LogP contribution in [0.1, 0.15) is 45.1 Å². The van der Waals surface area contributed by atoms with Crippen LogP contribution in [0.15, 0.2) is 30.5 Å². The van der Waals surface area contributed by atoms with Crippen molar-refractivity contribution < 1.29 is 4.79 Å². The van der Waals surface area contributed by atoms with Gasteiger partial charge in [0.2, 0.25) is 5.95 Å². The predicted octanol–water partition coefficient (Wildman–Crippen LogP) is 4.43. The fourth-order valence-corrected chi connectivity index (χ4v) is 4.30. The van der Waals surface area contributed by atoms with Crippen molar-refractivity contribution in [2.75, 3.05) is 28.2 Å². The van der Waals surface area contributed by atoms with Crippen molar-refractivity contribution in [1.29, 1.82) is 0 Å². The summed E-state index contributed by atoms with van der Waals surface area (Å²) in [6, 6.07) is 7.99. The summed E-state index contributed by atoms with van der Waals surface area (Å²) in [6.45, 7) is 6.13. The van der Waals surface area contributed by atoms with E-state index in [1.807, 2.05) is 44.3 Å². The minimum absolute atomic E-state index is 0.0967. The van der Waals surface area contributed by atoms with Crippen LogP contribution >= 0.6 is 11.6 Å². The molecule has 0 bridgehead atoms. The summed E-state index contributed by atoms with van der Waals surface area (Å²) >= 11 is 6.42. The molecule has 0 spiro atoms. The van der Waals surface area contributed by atoms with Crippen LogP contribution < -0.4 is 20.4 Å². The largest absolute Gasteiger partial charge is 0.352 e. The number of anilines is 3. The number of urea groups is 1. The minimum Gasteiger partial charge on any atom is -0.352 e. The van der Waals surface area contributed by atoms with Gasteiger partial charge in [0.15, 0.2) is 0 Å². The number of fused-ring (bicyclic) bond motifs is 1. The van der Waals surface area contributed by atoms with Crippen LogP contribution in [-0.4, -0.2) is 41.2 Å². The lowest BCUT2D eigenvalue weighted by Gasteiger charge is -2.37. The SMILES string of the molecule is CC(C)Nc1ncc2c(n1)N(CCC1CCCCN1)C(=O)N(c1ccccc1Cl)C2. The molecular formula is C22H29ClN6O. The average Bonchev–Trinajstić information content (AvgIpc) is 2.74. The Morgan fingerprint density at radius 2 is 2.13 bits per heavy atom. The molecule has 2 aliphatic heterocycles. The Morgan fingerprint density at radius 1 is 1.30 bits per heavy atom. The molecule has 2 amide bonds. The average molecular weight is 429 g/mol. The van der Waals surface area contributed by atoms with E-state index < -0.39 is 0 Å². The first-order valence-electron chi connectivity index (χ1n) is 10.7. The van der Waals surface area contributed by atoms with E-state index in [2.05, 4.69) is 15.6 Å². The summed E-state index contributed by atoms with van der Waals surface area (Å²) in [4.78, 5) is 26.2. The second-order valence-corrected chi connectivity index (χ2v) is 8.66. The topological polar surface area (TPSA) is 73.4 Å². The van der Waals surface area contributed by atoms with Gasteiger partial charge >= 0.3 is 6.03 Å². The first kappa shape index (κ1) is 20.9. The van der Waals surface area contributed by atoms with Crippen molar-refractivity contribution in [3.05, 3.63) is 41.0 Å². The number of aromatic nitrogens is 2. The number of nitrogens with zero attached hydrogens (tertiary/aromatic N) is 4. The molecule has 4 rings (SSSR count). The lowest BCUT2D eigenvalue weighted by molar-refractivity contribution is 0.249. The summed E-state index contributed by atoms with van der Waals surface area (Å²) in [7, 11) is 0. The molecule has 160 valence electrons. The van der Waals surface area contributed by atoms with Gasteiger partial charge in [-0.2, -0.15) is 4.98 Å². The number of rotatable bonds is 6. The zero-order valence-electron chi connectivity index (χ0n) is 17.6. The van der Waals surface area contributed by atoms with Gasteiger partial charge in [0.05, 0.1) is 17.3 Å². The Kier molecular flexibility index (Phi) is 6.39. The zero-order chi connectivity index (χ0) is 21.1. The van der Waals surface area contributed by atoms with E-state index in [0.29, 0.717) is 41.6 Å². The lowest BCUT2D eigenvalue weighted by Crippen LogP contribution is -2.49. The second kappa shape index (κ2) is 9.18. The standard InChI is InChI=1S/C22H29ClN6O/c1-15(2)26-21-25-13-16-14-29(19-9-4-3-8-18(19)23)22(30)28(20(16)27-21)12-10-17-7-5-6-11-24-17/h3-4,8-9,13,15,17,24H,5-7,10-12,14H2,1-2H3,(H,25,26,27). The molecule has 1 aromatic carbocycles. The van der Waals surface area contributed by atoms with Crippen molar-refractivity contribution >= 4 is 35.1 Å². The predicted molar refractivity (Wildman–Crippen MR) is 121 cm³/mol. The summed E-state index contributed by atoms with van der Waals surface area (Å²) < 4.78 is 0. The van der Waals surface area contributed by atoms with Crippen molar-refractivity contribution in [1.82, 2.24) is 15.3 Å². The maximum Gasteiger partial charge on any atom is 0.330 e. The molecule has 0 aliphatic carbocycles. The first-order valence-corrected chi connectivity index (χ1v) is 11.1. The van der Waals surface area contributed by atoms with E-state index in [9.17, 15) is 4.79 Å². The number of carbonyl (C=O) groups is 1. The fraction of sp³-hybridized carbons (Fsp3) is 0.500. The van der Waals surface area contributed by atoms with Crippen LogP contribution in [0.25, 0.3) is 0 Å². The van der Waals surface area contributed by atoms with Gasteiger partial charge in [-0.25, -0.2) is 9.78 Å². The molecule has 0 saturated carbocycles. The van der Waals surface area contributed by atoms with Gasteiger partial charge in [-0.15, -0.1) is 0 Å². The molecule has 2 N–H and O–H groups in total. The van der Waals surface area contributed by atoms with E-state index in [1.165, 1.54) is 12.8 Å². The summed E-state index contributed by atoms with van der Waals surface area (Å²) in [5.74, 6) is 1.24. The highest BCUT2D eigenvalue weighted by Gasteiger charge is 2.34. The maximum absolute atomic E-state index is 13.5. The van der Waals surface area contributed by atoms with Gasteiger partial charge in [0.1, 0.15) is 5.82 Å². The second-order valence-electron chi connectivity index (χ2n) is 8.25. The van der Waals surface area contributed by atoms with Crippen molar-refractivity contribution in [3.8, 4) is 0 Å². The third-order valence-corrected chi connectivity index (χ3v) is 5.88. The van der Waals surface area contributed by atoms with Gasteiger partial charge in [0, 0.05) is 30.4 Å². The van der Waals surface area contributed by atoms with Crippen LogP contribution in [0.3, 0.4) is 0 Å². The lowest BCUT2D eigenvalue weighted by atomic mass is 10.0. The molecule has 30 heavy (non-hydrogen) atoms. The zero-order valence-corrected chi connectivity index (χ0v) is 18.3. The highest BCUT2D eigenvalue weighted by atomic mass is 35.5. The van der Waals surface area contributed by atoms with E-state index >= 15 is 0 Å². The van der Waals surface area contributed by atoms with E-state index in [1.54, 1.807) is 9.80 Å². The minimum atomic E-state index is -0.0967. The van der Waals surface area contributed by atoms with Crippen molar-refractivity contribution in [3.63, 3.8) is 0 Å². The molecule has 1 aromatic heterocycles. The van der Waals surface area contributed by atoms with Crippen molar-refractivity contribution in [2.45, 2.75) is 58.2 Å². The van der Waals surface area contributed by atoms with Crippen LogP contribution in [0.5, 0.6) is 0 Å². The highest BCUT2D eigenvalue weighted by Crippen LogP contribution is 2.34. The number of hydrogen-bond acceptors (Lipinski definition) is 5. The maximum atomic E-state index is 13.5. The molecule has 2 aliphatic rings. The Balaban J connectivity index is 1.65. The molecular weight excluding hydrogens is 400 g/mol. The first-order chi connectivity index (χ1) is 14.5. The number of carbonyl (C=O) groups excluding carboxylic acids is 1. The van der Waals surface area contributed by atoms with Crippen molar-refractivity contribution in [2.24, 2.45) is 0 Å². The molecule has 1 fully saturated rings. The van der Waals surface area contributed by atoms with Crippen LogP contribution in [0.2, 0.25) is 5.02 Å². The van der Waals surface area contributed by atoms with E-state index in [0.717, 1.165) is 24.9 Å². The highest BCUT2D eigenvalue weighted by molar-refractivity contribution is 6.34. The smallest absolute Gasteiger partial charge is 0.330 e. The van der Waals surface area contributed by atoms with Gasteiger partial charge < -0.3 is 10.6 Å². The monoisotopic (exact) mass is 428 g/mol. The molecule has 1 unspecified atom stereocenters. The molecule has 0 radical (unpaired) electrons. The third-order valence-electron chi connectivity index (χ3n) is 5.56. The molecule has 2 aromatic rings. The molecule has 3 heterocycles. The number of halogens is 1. The van der Waals surface area contributed by atoms with Crippen LogP contribution in [0, 0.1) is 0 Å². The van der Waals surface area contributed by atoms with Gasteiger partial charge in [-0.05, 0) is 51.8 Å². The molecule has 8 heteroatoms.